The molecule has 2 aromatic heterocycles. The van der Waals surface area contributed by atoms with Crippen LogP contribution in [-0.2, 0) is 4.79 Å². The number of hydrogen-bond acceptors (Lipinski definition) is 6. The molecule has 3 rings (SSSR count). The summed E-state index contributed by atoms with van der Waals surface area (Å²) in [6.07, 6.45) is 1.56. The van der Waals surface area contributed by atoms with E-state index in [1.54, 1.807) is 24.8 Å². The summed E-state index contributed by atoms with van der Waals surface area (Å²) in [6.45, 7) is 6.02. The lowest BCUT2D eigenvalue weighted by atomic mass is 10.2. The molecule has 1 amide bonds. The van der Waals surface area contributed by atoms with Crippen molar-refractivity contribution in [1.29, 1.82) is 0 Å². The first-order valence-electron chi connectivity index (χ1n) is 7.82. The van der Waals surface area contributed by atoms with E-state index in [1.165, 1.54) is 22.2 Å². The molecule has 0 saturated heterocycles. The summed E-state index contributed by atoms with van der Waals surface area (Å²) in [5.74, 6) is 0.549. The van der Waals surface area contributed by atoms with Gasteiger partial charge in [-0.25, -0.2) is 9.97 Å². The molecule has 1 unspecified atom stereocenters. The number of benzene rings is 1. The molecule has 1 aromatic carbocycles. The van der Waals surface area contributed by atoms with Gasteiger partial charge < -0.3 is 10.1 Å². The molecule has 25 heavy (non-hydrogen) atoms. The van der Waals surface area contributed by atoms with Crippen molar-refractivity contribution in [3.05, 3.63) is 41.0 Å². The maximum absolute atomic E-state index is 12.6. The molecule has 2 heterocycles. The zero-order valence-corrected chi connectivity index (χ0v) is 16.1. The first-order valence-corrected chi connectivity index (χ1v) is 9.52. The summed E-state index contributed by atoms with van der Waals surface area (Å²) in [7, 11) is 1.59. The Morgan fingerprint density at radius 1 is 1.28 bits per heavy atom. The summed E-state index contributed by atoms with van der Waals surface area (Å²) >= 11 is 3.10. The highest BCUT2D eigenvalue weighted by atomic mass is 32.2. The van der Waals surface area contributed by atoms with Gasteiger partial charge in [-0.2, -0.15) is 0 Å². The van der Waals surface area contributed by atoms with Gasteiger partial charge in [-0.05, 0) is 38.5 Å². The maximum Gasteiger partial charge on any atom is 0.237 e. The minimum absolute atomic E-state index is 0.0918. The van der Waals surface area contributed by atoms with Crippen LogP contribution in [0.3, 0.4) is 0 Å². The Morgan fingerprint density at radius 3 is 2.80 bits per heavy atom. The number of rotatable bonds is 5. The van der Waals surface area contributed by atoms with Crippen LogP contribution in [0, 0.1) is 13.8 Å². The maximum atomic E-state index is 12.6. The summed E-state index contributed by atoms with van der Waals surface area (Å²) in [6, 6.07) is 7.37. The van der Waals surface area contributed by atoms with E-state index >= 15 is 0 Å². The van der Waals surface area contributed by atoms with E-state index in [1.807, 2.05) is 31.2 Å². The third kappa shape index (κ3) is 3.62. The molecule has 0 aliphatic heterocycles. The molecule has 0 aliphatic rings. The highest BCUT2D eigenvalue weighted by Gasteiger charge is 2.20. The summed E-state index contributed by atoms with van der Waals surface area (Å²) in [5, 5.41) is 4.51. The van der Waals surface area contributed by atoms with Gasteiger partial charge in [-0.1, -0.05) is 23.9 Å². The molecule has 3 aromatic rings. The number of aryl methyl sites for hydroxylation is 2. The van der Waals surface area contributed by atoms with Crippen LogP contribution in [0.2, 0.25) is 0 Å². The molecule has 0 saturated carbocycles. The molecule has 0 radical (unpaired) electrons. The second kappa shape index (κ2) is 7.41. The number of carbonyl (C=O) groups excluding carboxylic acids is 1. The average molecular weight is 374 g/mol. The van der Waals surface area contributed by atoms with Crippen molar-refractivity contribution in [2.75, 3.05) is 12.4 Å². The molecule has 0 bridgehead atoms. The van der Waals surface area contributed by atoms with Crippen molar-refractivity contribution in [2.45, 2.75) is 31.0 Å². The van der Waals surface area contributed by atoms with E-state index in [2.05, 4.69) is 29.1 Å². The van der Waals surface area contributed by atoms with E-state index < -0.39 is 0 Å². The third-order valence-electron chi connectivity index (χ3n) is 3.95. The van der Waals surface area contributed by atoms with Gasteiger partial charge in [0.2, 0.25) is 5.91 Å². The topological polar surface area (TPSA) is 64.1 Å². The van der Waals surface area contributed by atoms with E-state index in [-0.39, 0.29) is 11.2 Å². The Morgan fingerprint density at radius 2 is 2.04 bits per heavy atom. The number of ether oxygens (including phenoxy) is 1. The van der Waals surface area contributed by atoms with Gasteiger partial charge in [0.25, 0.3) is 0 Å². The number of thioether (sulfide) groups is 1. The van der Waals surface area contributed by atoms with Gasteiger partial charge in [0.1, 0.15) is 21.9 Å². The zero-order valence-electron chi connectivity index (χ0n) is 14.5. The number of hydrogen-bond donors (Lipinski definition) is 1. The molecule has 0 spiro atoms. The van der Waals surface area contributed by atoms with Crippen molar-refractivity contribution >= 4 is 44.9 Å². The van der Waals surface area contributed by atoms with E-state index in [4.69, 9.17) is 4.74 Å². The summed E-state index contributed by atoms with van der Waals surface area (Å²) < 4.78 is 5.28. The number of methoxy groups -OCH3 is 1. The van der Waals surface area contributed by atoms with Crippen LogP contribution in [0.5, 0.6) is 5.75 Å². The molecule has 5 nitrogen and oxygen atoms in total. The quantitative estimate of drug-likeness (QED) is 0.529. The van der Waals surface area contributed by atoms with E-state index in [0.29, 0.717) is 11.4 Å². The SMILES string of the molecule is COc1ccccc1NC(=O)C(C)Sc1ncnc2sc(C)c(C)c12. The van der Waals surface area contributed by atoms with Crippen LogP contribution < -0.4 is 10.1 Å². The Kier molecular flexibility index (Phi) is 5.24. The highest BCUT2D eigenvalue weighted by Crippen LogP contribution is 2.36. The lowest BCUT2D eigenvalue weighted by Gasteiger charge is -2.14. The molecule has 1 N–H and O–H groups in total. The van der Waals surface area contributed by atoms with Crippen LogP contribution in [0.25, 0.3) is 10.2 Å². The second-order valence-corrected chi connectivity index (χ2v) is 8.12. The van der Waals surface area contributed by atoms with Crippen molar-refractivity contribution in [3.63, 3.8) is 0 Å². The molecule has 130 valence electrons. The number of thiophene rings is 1. The molecule has 0 fully saturated rings. The Hall–Kier alpha value is -2.12. The largest absolute Gasteiger partial charge is 0.495 e. The van der Waals surface area contributed by atoms with Crippen molar-refractivity contribution < 1.29 is 9.53 Å². The minimum atomic E-state index is -0.303. The van der Waals surface area contributed by atoms with Crippen LogP contribution in [-0.4, -0.2) is 28.2 Å². The fourth-order valence-corrected chi connectivity index (χ4v) is 4.48. The van der Waals surface area contributed by atoms with Crippen LogP contribution in [0.1, 0.15) is 17.4 Å². The standard InChI is InChI=1S/C18H19N3O2S2/c1-10-11(2)24-17-15(10)18(20-9-19-17)25-12(3)16(22)21-13-7-5-6-8-14(13)23-4/h5-9,12H,1-4H3,(H,21,22). The fraction of sp³-hybridized carbons (Fsp3) is 0.278. The number of aromatic nitrogens is 2. The molecular weight excluding hydrogens is 354 g/mol. The van der Waals surface area contributed by atoms with Gasteiger partial charge in [0.15, 0.2) is 0 Å². The predicted octanol–water partition coefficient (Wildman–Crippen LogP) is 4.44. The number of nitrogens with zero attached hydrogens (tertiary/aromatic N) is 2. The van der Waals surface area contributed by atoms with Gasteiger partial charge in [0, 0.05) is 10.3 Å². The fourth-order valence-electron chi connectivity index (χ4n) is 2.44. The molecule has 7 heteroatoms. The number of anilines is 1. The van der Waals surface area contributed by atoms with Gasteiger partial charge >= 0.3 is 0 Å². The van der Waals surface area contributed by atoms with Crippen molar-refractivity contribution in [3.8, 4) is 5.75 Å². The number of para-hydroxylation sites is 2. The number of carbonyl (C=O) groups is 1. The van der Waals surface area contributed by atoms with Crippen LogP contribution >= 0.6 is 23.1 Å². The Labute approximate surface area is 154 Å². The lowest BCUT2D eigenvalue weighted by molar-refractivity contribution is -0.115. The highest BCUT2D eigenvalue weighted by molar-refractivity contribution is 8.00. The van der Waals surface area contributed by atoms with E-state index in [0.717, 1.165) is 15.2 Å². The van der Waals surface area contributed by atoms with Crippen LogP contribution in [0.15, 0.2) is 35.6 Å². The van der Waals surface area contributed by atoms with Gasteiger partial charge in [-0.15, -0.1) is 11.3 Å². The monoisotopic (exact) mass is 373 g/mol. The third-order valence-corrected chi connectivity index (χ3v) is 6.17. The zero-order chi connectivity index (χ0) is 18.0. The minimum Gasteiger partial charge on any atom is -0.495 e. The van der Waals surface area contributed by atoms with Crippen LogP contribution in [0.4, 0.5) is 5.69 Å². The first kappa shape index (κ1) is 17.7. The van der Waals surface area contributed by atoms with E-state index in [9.17, 15) is 4.79 Å². The normalized spacial score (nSPS) is 12.2. The van der Waals surface area contributed by atoms with Gasteiger partial charge in [-0.3, -0.25) is 4.79 Å². The first-order chi connectivity index (χ1) is 12.0. The lowest BCUT2D eigenvalue weighted by Crippen LogP contribution is -2.22. The average Bonchev–Trinajstić information content (AvgIpc) is 2.90. The van der Waals surface area contributed by atoms with Gasteiger partial charge in [0.05, 0.1) is 18.0 Å². The smallest absolute Gasteiger partial charge is 0.237 e. The predicted molar refractivity (Wildman–Crippen MR) is 104 cm³/mol. The molecular formula is C18H19N3O2S2. The number of amides is 1. The summed E-state index contributed by atoms with van der Waals surface area (Å²) in [4.78, 5) is 23.5. The number of fused-ring (bicyclic) bond motifs is 1. The Bertz CT molecular complexity index is 924. The summed E-state index contributed by atoms with van der Waals surface area (Å²) in [5.41, 5.74) is 1.85. The number of nitrogens with one attached hydrogen (secondary N) is 1. The van der Waals surface area contributed by atoms with Crippen molar-refractivity contribution in [1.82, 2.24) is 9.97 Å². The molecule has 1 atom stereocenters. The second-order valence-electron chi connectivity index (χ2n) is 5.59. The molecule has 0 aliphatic carbocycles. The Balaban J connectivity index is 1.80. The van der Waals surface area contributed by atoms with Crippen molar-refractivity contribution in [2.24, 2.45) is 0 Å².